The molecule has 0 aromatic rings. The van der Waals surface area contributed by atoms with E-state index in [1.54, 1.807) is 25.7 Å². The Hall–Kier alpha value is 0. The second-order valence-electron chi connectivity index (χ2n) is 4.33. The van der Waals surface area contributed by atoms with Gasteiger partial charge >= 0.3 is 0 Å². The van der Waals surface area contributed by atoms with E-state index in [2.05, 4.69) is 6.92 Å². The number of hydrogen-bond donors (Lipinski definition) is 0. The van der Waals surface area contributed by atoms with Gasteiger partial charge in [-0.1, -0.05) is 19.8 Å². The minimum Gasteiger partial charge on any atom is -0.0654 e. The van der Waals surface area contributed by atoms with Crippen molar-refractivity contribution in [2.24, 2.45) is 17.8 Å². The van der Waals surface area contributed by atoms with Crippen molar-refractivity contribution in [3.63, 3.8) is 0 Å². The Bertz CT molecular complexity index is 101. The summed E-state index contributed by atoms with van der Waals surface area (Å²) in [4.78, 5) is 0. The van der Waals surface area contributed by atoms with E-state index in [9.17, 15) is 0 Å². The molecule has 0 amide bonds. The molecule has 3 saturated carbocycles. The van der Waals surface area contributed by atoms with Gasteiger partial charge in [0.1, 0.15) is 0 Å². The lowest BCUT2D eigenvalue weighted by molar-refractivity contribution is 0.0633. The lowest BCUT2D eigenvalue weighted by atomic mass is 9.61. The van der Waals surface area contributed by atoms with Crippen molar-refractivity contribution in [1.82, 2.24) is 0 Å². The molecule has 10 heavy (non-hydrogen) atoms. The largest absolute Gasteiger partial charge is 0.0654 e. The fourth-order valence-corrected chi connectivity index (χ4v) is 2.94. The highest BCUT2D eigenvalue weighted by atomic mass is 14.4. The van der Waals surface area contributed by atoms with Crippen molar-refractivity contribution < 1.29 is 0 Å². The summed E-state index contributed by atoms with van der Waals surface area (Å²) in [5, 5.41) is 0. The second kappa shape index (κ2) is 2.56. The molecule has 0 aromatic carbocycles. The summed E-state index contributed by atoms with van der Waals surface area (Å²) in [7, 11) is 0. The summed E-state index contributed by atoms with van der Waals surface area (Å²) in [6, 6.07) is 0. The van der Waals surface area contributed by atoms with E-state index in [4.69, 9.17) is 0 Å². The molecule has 0 N–H and O–H groups in total. The van der Waals surface area contributed by atoms with Gasteiger partial charge < -0.3 is 0 Å². The monoisotopic (exact) mass is 138 g/mol. The molecule has 0 saturated heterocycles. The molecule has 0 aliphatic heterocycles. The Balaban J connectivity index is 1.80. The fourth-order valence-electron chi connectivity index (χ4n) is 2.94. The first-order chi connectivity index (χ1) is 4.88. The first kappa shape index (κ1) is 6.69. The average Bonchev–Trinajstić information content (AvgIpc) is 1.87. The van der Waals surface area contributed by atoms with Crippen LogP contribution in [-0.4, -0.2) is 0 Å². The van der Waals surface area contributed by atoms with Crippen molar-refractivity contribution in [3.05, 3.63) is 0 Å². The van der Waals surface area contributed by atoms with Crippen molar-refractivity contribution >= 4 is 0 Å². The van der Waals surface area contributed by atoms with Gasteiger partial charge in [-0.05, 0) is 43.4 Å². The van der Waals surface area contributed by atoms with Crippen LogP contribution in [0.15, 0.2) is 0 Å². The van der Waals surface area contributed by atoms with Crippen molar-refractivity contribution in [2.75, 3.05) is 0 Å². The predicted octanol–water partition coefficient (Wildman–Crippen LogP) is 3.22. The van der Waals surface area contributed by atoms with Crippen LogP contribution in [0, 0.1) is 17.8 Å². The smallest absolute Gasteiger partial charge is 0.0406 e. The third-order valence-corrected chi connectivity index (χ3v) is 3.36. The molecular formula is C10H18. The van der Waals surface area contributed by atoms with Gasteiger partial charge in [-0.15, -0.1) is 0 Å². The summed E-state index contributed by atoms with van der Waals surface area (Å²) < 4.78 is 0. The van der Waals surface area contributed by atoms with Crippen molar-refractivity contribution in [2.45, 2.75) is 45.4 Å². The molecule has 0 nitrogen and oxygen atoms in total. The van der Waals surface area contributed by atoms with Crippen LogP contribution >= 0.6 is 0 Å². The zero-order chi connectivity index (χ0) is 6.97. The van der Waals surface area contributed by atoms with E-state index >= 15 is 0 Å². The Labute approximate surface area is 64.0 Å². The van der Waals surface area contributed by atoms with Gasteiger partial charge in [0.2, 0.25) is 0 Å². The molecule has 3 fully saturated rings. The molecule has 0 aromatic heterocycles. The van der Waals surface area contributed by atoms with Gasteiger partial charge in [0.05, 0.1) is 0 Å². The molecule has 0 spiro atoms. The van der Waals surface area contributed by atoms with Gasteiger partial charge in [-0.2, -0.15) is 0 Å². The molecule has 3 rings (SSSR count). The van der Waals surface area contributed by atoms with Crippen molar-refractivity contribution in [1.29, 1.82) is 0 Å². The lowest BCUT2D eigenvalue weighted by Gasteiger charge is -2.45. The average molecular weight is 138 g/mol. The zero-order valence-electron chi connectivity index (χ0n) is 6.97. The maximum absolute atomic E-state index is 2.32. The first-order valence-electron chi connectivity index (χ1n) is 4.88. The Morgan fingerprint density at radius 2 is 1.60 bits per heavy atom. The third kappa shape index (κ3) is 1.09. The lowest BCUT2D eigenvalue weighted by Crippen LogP contribution is -2.33. The molecule has 2 bridgehead atoms. The number of rotatable bonds is 2. The minimum atomic E-state index is 1.13. The summed E-state index contributed by atoms with van der Waals surface area (Å²) in [6.07, 6.45) is 9.23. The van der Waals surface area contributed by atoms with Crippen LogP contribution in [0.3, 0.4) is 0 Å². The third-order valence-electron chi connectivity index (χ3n) is 3.36. The van der Waals surface area contributed by atoms with E-state index < -0.39 is 0 Å². The number of hydrogen-bond acceptors (Lipinski definition) is 0. The van der Waals surface area contributed by atoms with Crippen LogP contribution in [-0.2, 0) is 0 Å². The first-order valence-corrected chi connectivity index (χ1v) is 4.88. The van der Waals surface area contributed by atoms with E-state index in [0.717, 1.165) is 17.8 Å². The highest BCUT2D eigenvalue weighted by Crippen LogP contribution is 2.49. The normalized spacial score (nSPS) is 44.7. The van der Waals surface area contributed by atoms with Crippen LogP contribution in [0.2, 0.25) is 0 Å². The van der Waals surface area contributed by atoms with Crippen molar-refractivity contribution in [3.8, 4) is 0 Å². The second-order valence-corrected chi connectivity index (χ2v) is 4.33. The van der Waals surface area contributed by atoms with E-state index in [1.807, 2.05) is 0 Å². The summed E-state index contributed by atoms with van der Waals surface area (Å²) in [6.45, 7) is 2.32. The van der Waals surface area contributed by atoms with Crippen LogP contribution < -0.4 is 0 Å². The fraction of sp³-hybridized carbons (Fsp3) is 1.00. The summed E-state index contributed by atoms with van der Waals surface area (Å²) in [5.74, 6) is 3.45. The maximum atomic E-state index is 2.32. The van der Waals surface area contributed by atoms with Gasteiger partial charge in [0, 0.05) is 0 Å². The highest BCUT2D eigenvalue weighted by molar-refractivity contribution is 4.88. The molecule has 0 radical (unpaired) electrons. The molecule has 3 aliphatic carbocycles. The molecule has 3 aliphatic rings. The molecule has 0 heterocycles. The topological polar surface area (TPSA) is 0 Å². The predicted molar refractivity (Wildman–Crippen MR) is 43.8 cm³/mol. The van der Waals surface area contributed by atoms with E-state index in [-0.39, 0.29) is 0 Å². The van der Waals surface area contributed by atoms with Crippen LogP contribution in [0.1, 0.15) is 45.4 Å². The van der Waals surface area contributed by atoms with Crippen LogP contribution in [0.4, 0.5) is 0 Å². The quantitative estimate of drug-likeness (QED) is 0.549. The molecule has 0 unspecified atom stereocenters. The van der Waals surface area contributed by atoms with Gasteiger partial charge in [-0.25, -0.2) is 0 Å². The minimum absolute atomic E-state index is 1.13. The number of fused-ring (bicyclic) bond motifs is 2. The zero-order valence-corrected chi connectivity index (χ0v) is 6.97. The SMILES string of the molecule is CCCC1CC2CC(C1)C2. The summed E-state index contributed by atoms with van der Waals surface area (Å²) >= 11 is 0. The Morgan fingerprint density at radius 1 is 1.00 bits per heavy atom. The van der Waals surface area contributed by atoms with E-state index in [0.29, 0.717) is 0 Å². The Kier molecular flexibility index (Phi) is 1.71. The van der Waals surface area contributed by atoms with Crippen LogP contribution in [0.25, 0.3) is 0 Å². The summed E-state index contributed by atoms with van der Waals surface area (Å²) in [5.41, 5.74) is 0. The molecule has 58 valence electrons. The van der Waals surface area contributed by atoms with Gasteiger partial charge in [-0.3, -0.25) is 0 Å². The van der Waals surface area contributed by atoms with E-state index in [1.165, 1.54) is 12.8 Å². The van der Waals surface area contributed by atoms with Gasteiger partial charge in [0.25, 0.3) is 0 Å². The molecule has 0 atom stereocenters. The van der Waals surface area contributed by atoms with Crippen LogP contribution in [0.5, 0.6) is 0 Å². The molecule has 0 heteroatoms. The van der Waals surface area contributed by atoms with Gasteiger partial charge in [0.15, 0.2) is 0 Å². The Morgan fingerprint density at radius 3 is 2.10 bits per heavy atom. The highest BCUT2D eigenvalue weighted by Gasteiger charge is 2.37. The standard InChI is InChI=1S/C10H18/c1-2-3-8-4-9-6-10(5-8)7-9/h8-10H,2-7H2,1H3. The molecular weight excluding hydrogens is 120 g/mol. The maximum Gasteiger partial charge on any atom is -0.0406 e.